The Morgan fingerprint density at radius 3 is 2.58 bits per heavy atom. The average molecular weight is 329 g/mol. The number of halogens is 1. The Morgan fingerprint density at radius 2 is 2.05 bits per heavy atom. The van der Waals surface area contributed by atoms with E-state index in [1.54, 1.807) is 20.0 Å². The minimum atomic E-state index is -0.918. The van der Waals surface area contributed by atoms with Gasteiger partial charge in [0.05, 0.1) is 12.2 Å². The molecule has 0 heterocycles. The van der Waals surface area contributed by atoms with E-state index in [2.05, 4.69) is 21.2 Å². The van der Waals surface area contributed by atoms with Gasteiger partial charge in [-0.05, 0) is 41.5 Å². The molecule has 0 aromatic heterocycles. The number of carbonyl (C=O) groups is 2. The van der Waals surface area contributed by atoms with Crippen LogP contribution >= 0.6 is 15.9 Å². The zero-order chi connectivity index (χ0) is 14.4. The fraction of sp³-hybridized carbons (Fsp3) is 0.385. The quantitative estimate of drug-likeness (QED) is 0.839. The van der Waals surface area contributed by atoms with Crippen molar-refractivity contribution in [2.24, 2.45) is 0 Å². The summed E-state index contributed by atoms with van der Waals surface area (Å²) < 4.78 is 0.788. The molecule has 0 saturated carbocycles. The molecule has 0 aliphatic carbocycles. The van der Waals surface area contributed by atoms with Crippen LogP contribution in [-0.2, 0) is 9.59 Å². The zero-order valence-electron chi connectivity index (χ0n) is 10.9. The normalized spacial score (nSPS) is 12.2. The summed E-state index contributed by atoms with van der Waals surface area (Å²) in [6.07, 6.45) is 0.453. The summed E-state index contributed by atoms with van der Waals surface area (Å²) >= 11 is 3.33. The van der Waals surface area contributed by atoms with Crippen molar-refractivity contribution in [2.45, 2.75) is 19.4 Å². The standard InChI is InChI=1S/C13H17BrN2O3/c1-3-11(13(18)19)16(2)8-12(17)15-10-7-5-4-6-9(10)14/h4-7,11H,3,8H2,1-2H3,(H,15,17)(H,18,19)/t11-/m1/s1. The van der Waals surface area contributed by atoms with Crippen LogP contribution in [0.5, 0.6) is 0 Å². The number of hydrogen-bond donors (Lipinski definition) is 2. The van der Waals surface area contributed by atoms with E-state index in [0.717, 1.165) is 4.47 Å². The number of benzene rings is 1. The monoisotopic (exact) mass is 328 g/mol. The van der Waals surface area contributed by atoms with E-state index in [9.17, 15) is 9.59 Å². The Hall–Kier alpha value is -1.40. The molecule has 0 bridgehead atoms. The van der Waals surface area contributed by atoms with Gasteiger partial charge < -0.3 is 10.4 Å². The molecule has 0 radical (unpaired) electrons. The summed E-state index contributed by atoms with van der Waals surface area (Å²) in [5.41, 5.74) is 0.671. The highest BCUT2D eigenvalue weighted by molar-refractivity contribution is 9.10. The number of carboxylic acid groups (broad SMARTS) is 1. The van der Waals surface area contributed by atoms with E-state index in [-0.39, 0.29) is 12.5 Å². The van der Waals surface area contributed by atoms with Crippen LogP contribution < -0.4 is 5.32 Å². The lowest BCUT2D eigenvalue weighted by molar-refractivity contribution is -0.143. The molecular formula is C13H17BrN2O3. The van der Waals surface area contributed by atoms with Crippen molar-refractivity contribution in [3.05, 3.63) is 28.7 Å². The third-order valence-corrected chi connectivity index (χ3v) is 3.44. The number of rotatable bonds is 6. The predicted octanol–water partition coefficient (Wildman–Crippen LogP) is 2.18. The number of nitrogens with one attached hydrogen (secondary N) is 1. The van der Waals surface area contributed by atoms with E-state index in [0.29, 0.717) is 12.1 Å². The molecule has 1 aromatic carbocycles. The molecular weight excluding hydrogens is 312 g/mol. The van der Waals surface area contributed by atoms with Gasteiger partial charge in [0.25, 0.3) is 0 Å². The second kappa shape index (κ2) is 7.25. The van der Waals surface area contributed by atoms with Gasteiger partial charge in [0, 0.05) is 4.47 Å². The van der Waals surface area contributed by atoms with Crippen LogP contribution in [0.4, 0.5) is 5.69 Å². The molecule has 1 atom stereocenters. The van der Waals surface area contributed by atoms with Crippen molar-refractivity contribution in [1.29, 1.82) is 0 Å². The maximum absolute atomic E-state index is 11.9. The summed E-state index contributed by atoms with van der Waals surface area (Å²) in [4.78, 5) is 24.4. The Kier molecular flexibility index (Phi) is 5.98. The number of amides is 1. The number of anilines is 1. The average Bonchev–Trinajstić information content (AvgIpc) is 2.32. The van der Waals surface area contributed by atoms with Crippen LogP contribution in [0, 0.1) is 0 Å². The van der Waals surface area contributed by atoms with Crippen molar-refractivity contribution in [3.8, 4) is 0 Å². The van der Waals surface area contributed by atoms with Gasteiger partial charge in [-0.25, -0.2) is 0 Å². The van der Waals surface area contributed by atoms with Gasteiger partial charge in [0.2, 0.25) is 5.91 Å². The molecule has 19 heavy (non-hydrogen) atoms. The molecule has 0 spiro atoms. The number of carbonyl (C=O) groups excluding carboxylic acids is 1. The molecule has 1 aromatic rings. The van der Waals surface area contributed by atoms with Crippen molar-refractivity contribution < 1.29 is 14.7 Å². The molecule has 1 rings (SSSR count). The first-order chi connectivity index (χ1) is 8.95. The third kappa shape index (κ3) is 4.65. The largest absolute Gasteiger partial charge is 0.480 e. The SMILES string of the molecule is CC[C@H](C(=O)O)N(C)CC(=O)Nc1ccccc1Br. The van der Waals surface area contributed by atoms with Gasteiger partial charge >= 0.3 is 5.97 Å². The summed E-state index contributed by atoms with van der Waals surface area (Å²) in [6, 6.07) is 6.62. The van der Waals surface area contributed by atoms with Gasteiger partial charge in [0.1, 0.15) is 6.04 Å². The van der Waals surface area contributed by atoms with Gasteiger partial charge in [-0.1, -0.05) is 19.1 Å². The fourth-order valence-electron chi connectivity index (χ4n) is 1.76. The molecule has 104 valence electrons. The topological polar surface area (TPSA) is 69.6 Å². The molecule has 6 heteroatoms. The minimum absolute atomic E-state index is 0.0339. The Labute approximate surface area is 120 Å². The lowest BCUT2D eigenvalue weighted by Crippen LogP contribution is -2.42. The molecule has 5 nitrogen and oxygen atoms in total. The number of likely N-dealkylation sites (N-methyl/N-ethyl adjacent to an activating group) is 1. The highest BCUT2D eigenvalue weighted by Crippen LogP contribution is 2.21. The Balaban J connectivity index is 2.61. The lowest BCUT2D eigenvalue weighted by atomic mass is 10.2. The van der Waals surface area contributed by atoms with Gasteiger partial charge in [0.15, 0.2) is 0 Å². The van der Waals surface area contributed by atoms with Crippen LogP contribution in [0.25, 0.3) is 0 Å². The number of para-hydroxylation sites is 1. The highest BCUT2D eigenvalue weighted by atomic mass is 79.9. The van der Waals surface area contributed by atoms with E-state index in [4.69, 9.17) is 5.11 Å². The van der Waals surface area contributed by atoms with Crippen LogP contribution in [0.3, 0.4) is 0 Å². The van der Waals surface area contributed by atoms with E-state index in [1.165, 1.54) is 4.90 Å². The van der Waals surface area contributed by atoms with Crippen LogP contribution in [0.1, 0.15) is 13.3 Å². The van der Waals surface area contributed by atoms with Crippen LogP contribution in [0.15, 0.2) is 28.7 Å². The lowest BCUT2D eigenvalue weighted by Gasteiger charge is -2.22. The van der Waals surface area contributed by atoms with Gasteiger partial charge in [-0.15, -0.1) is 0 Å². The smallest absolute Gasteiger partial charge is 0.320 e. The Morgan fingerprint density at radius 1 is 1.42 bits per heavy atom. The second-order valence-corrected chi connectivity index (χ2v) is 5.06. The second-order valence-electron chi connectivity index (χ2n) is 4.21. The number of carboxylic acids is 1. The molecule has 0 unspecified atom stereocenters. The van der Waals surface area contributed by atoms with Gasteiger partial charge in [-0.2, -0.15) is 0 Å². The van der Waals surface area contributed by atoms with Crippen molar-refractivity contribution in [2.75, 3.05) is 18.9 Å². The number of aliphatic carboxylic acids is 1. The summed E-state index contributed by atoms with van der Waals surface area (Å²) in [6.45, 7) is 1.81. The number of nitrogens with zero attached hydrogens (tertiary/aromatic N) is 1. The zero-order valence-corrected chi connectivity index (χ0v) is 12.5. The summed E-state index contributed by atoms with van der Waals surface area (Å²) in [5.74, 6) is -1.16. The van der Waals surface area contributed by atoms with Crippen molar-refractivity contribution >= 4 is 33.5 Å². The molecule has 0 saturated heterocycles. The van der Waals surface area contributed by atoms with E-state index in [1.807, 2.05) is 18.2 Å². The summed E-state index contributed by atoms with van der Waals surface area (Å²) in [5, 5.41) is 11.7. The molecule has 0 fully saturated rings. The van der Waals surface area contributed by atoms with Crippen LogP contribution in [-0.4, -0.2) is 41.5 Å². The van der Waals surface area contributed by atoms with Crippen molar-refractivity contribution in [1.82, 2.24) is 4.90 Å². The third-order valence-electron chi connectivity index (χ3n) is 2.74. The maximum atomic E-state index is 11.9. The van der Waals surface area contributed by atoms with E-state index >= 15 is 0 Å². The number of hydrogen-bond acceptors (Lipinski definition) is 3. The first kappa shape index (κ1) is 15.7. The van der Waals surface area contributed by atoms with E-state index < -0.39 is 12.0 Å². The summed E-state index contributed by atoms with van der Waals surface area (Å²) in [7, 11) is 1.63. The predicted molar refractivity (Wildman–Crippen MR) is 77.1 cm³/mol. The van der Waals surface area contributed by atoms with Crippen LogP contribution in [0.2, 0.25) is 0 Å². The maximum Gasteiger partial charge on any atom is 0.320 e. The molecule has 0 aliphatic heterocycles. The first-order valence-electron chi connectivity index (χ1n) is 5.93. The minimum Gasteiger partial charge on any atom is -0.480 e. The van der Waals surface area contributed by atoms with Crippen molar-refractivity contribution in [3.63, 3.8) is 0 Å². The fourth-order valence-corrected chi connectivity index (χ4v) is 2.15. The first-order valence-corrected chi connectivity index (χ1v) is 6.72. The molecule has 0 aliphatic rings. The molecule has 2 N–H and O–H groups in total. The van der Waals surface area contributed by atoms with Gasteiger partial charge in [-0.3, -0.25) is 14.5 Å². The molecule has 1 amide bonds. The highest BCUT2D eigenvalue weighted by Gasteiger charge is 2.22. The Bertz CT molecular complexity index is 465.